The second-order valence-corrected chi connectivity index (χ2v) is 5.62. The number of nitrogens with zero attached hydrogens (tertiary/aromatic N) is 1. The lowest BCUT2D eigenvalue weighted by Crippen LogP contribution is -2.27. The van der Waals surface area contributed by atoms with E-state index in [0.717, 1.165) is 29.6 Å². The summed E-state index contributed by atoms with van der Waals surface area (Å²) in [4.78, 5) is 2.38. The molecule has 2 aromatic rings. The van der Waals surface area contributed by atoms with Crippen molar-refractivity contribution in [1.29, 1.82) is 0 Å². The lowest BCUT2D eigenvalue weighted by Gasteiger charge is -2.27. The Labute approximate surface area is 124 Å². The minimum atomic E-state index is 0.579. The molecule has 3 rings (SSSR count). The summed E-state index contributed by atoms with van der Waals surface area (Å²) in [5.41, 5.74) is 2.38. The van der Waals surface area contributed by atoms with E-state index >= 15 is 0 Å². The number of anilines is 1. The molecular weight excluding hydrogens is 272 g/mol. The van der Waals surface area contributed by atoms with Crippen molar-refractivity contribution in [3.63, 3.8) is 0 Å². The zero-order chi connectivity index (χ0) is 13.9. The summed E-state index contributed by atoms with van der Waals surface area (Å²) < 4.78 is 5.50. The van der Waals surface area contributed by atoms with Crippen LogP contribution >= 0.6 is 11.6 Å². The molecule has 0 saturated heterocycles. The lowest BCUT2D eigenvalue weighted by atomic mass is 10.1. The maximum absolute atomic E-state index is 6.47. The van der Waals surface area contributed by atoms with Crippen LogP contribution in [-0.4, -0.2) is 13.1 Å². The van der Waals surface area contributed by atoms with E-state index in [1.807, 2.05) is 31.3 Å². The molecule has 0 unspecified atom stereocenters. The Morgan fingerprint density at radius 3 is 2.80 bits per heavy atom. The summed E-state index contributed by atoms with van der Waals surface area (Å²) in [6, 6.07) is 10.6. The van der Waals surface area contributed by atoms with Gasteiger partial charge in [0.15, 0.2) is 0 Å². The summed E-state index contributed by atoms with van der Waals surface area (Å²) in [5.74, 6) is 0.979. The van der Waals surface area contributed by atoms with Gasteiger partial charge in [-0.15, -0.1) is 0 Å². The minimum absolute atomic E-state index is 0.579. The number of rotatable bonds is 6. The highest BCUT2D eigenvalue weighted by molar-refractivity contribution is 6.33. The van der Waals surface area contributed by atoms with E-state index in [1.54, 1.807) is 6.26 Å². The van der Waals surface area contributed by atoms with Crippen molar-refractivity contribution in [2.45, 2.75) is 32.0 Å². The highest BCUT2D eigenvalue weighted by atomic mass is 35.5. The van der Waals surface area contributed by atoms with E-state index in [1.165, 1.54) is 18.4 Å². The molecule has 1 aliphatic rings. The van der Waals surface area contributed by atoms with Crippen molar-refractivity contribution in [3.8, 4) is 0 Å². The normalized spacial score (nSPS) is 14.5. The van der Waals surface area contributed by atoms with E-state index in [0.29, 0.717) is 6.04 Å². The van der Waals surface area contributed by atoms with Crippen LogP contribution in [0.5, 0.6) is 0 Å². The number of nitrogens with one attached hydrogen (secondary N) is 1. The first-order chi connectivity index (χ1) is 9.79. The summed E-state index contributed by atoms with van der Waals surface area (Å²) in [6.07, 6.45) is 4.18. The maximum Gasteiger partial charge on any atom is 0.123 e. The van der Waals surface area contributed by atoms with Crippen molar-refractivity contribution in [2.24, 2.45) is 0 Å². The number of halogens is 1. The van der Waals surface area contributed by atoms with E-state index in [9.17, 15) is 0 Å². The molecule has 0 spiro atoms. The average molecular weight is 291 g/mol. The summed E-state index contributed by atoms with van der Waals surface area (Å²) in [7, 11) is 1.96. The quantitative estimate of drug-likeness (QED) is 0.877. The van der Waals surface area contributed by atoms with Gasteiger partial charge in [-0.2, -0.15) is 0 Å². The molecule has 0 radical (unpaired) electrons. The fourth-order valence-electron chi connectivity index (χ4n) is 2.56. The van der Waals surface area contributed by atoms with E-state index in [2.05, 4.69) is 16.3 Å². The Balaban J connectivity index is 1.94. The first-order valence-corrected chi connectivity index (χ1v) is 7.38. The molecule has 1 N–H and O–H groups in total. The van der Waals surface area contributed by atoms with Gasteiger partial charge in [0.05, 0.1) is 23.5 Å². The summed E-state index contributed by atoms with van der Waals surface area (Å²) in [6.45, 7) is 1.59. The van der Waals surface area contributed by atoms with Gasteiger partial charge in [-0.3, -0.25) is 0 Å². The number of para-hydroxylation sites is 1. The van der Waals surface area contributed by atoms with Crippen LogP contribution in [0.2, 0.25) is 5.02 Å². The Bertz CT molecular complexity index is 564. The standard InChI is InChI=1S/C16H19ClN2O/c1-18-10-12-4-2-6-15(17)16(12)19(13-7-8-13)11-14-5-3-9-20-14/h2-6,9,13,18H,7-8,10-11H2,1H3. The summed E-state index contributed by atoms with van der Waals surface area (Å²) >= 11 is 6.47. The van der Waals surface area contributed by atoms with Gasteiger partial charge >= 0.3 is 0 Å². The Morgan fingerprint density at radius 2 is 2.15 bits per heavy atom. The van der Waals surface area contributed by atoms with Crippen LogP contribution in [0.1, 0.15) is 24.2 Å². The molecule has 1 saturated carbocycles. The van der Waals surface area contributed by atoms with Crippen LogP contribution in [0.15, 0.2) is 41.0 Å². The van der Waals surface area contributed by atoms with Gasteiger partial charge < -0.3 is 14.6 Å². The Kier molecular flexibility index (Phi) is 3.99. The summed E-state index contributed by atoms with van der Waals surface area (Å²) in [5, 5.41) is 4.03. The Hall–Kier alpha value is -1.45. The van der Waals surface area contributed by atoms with Crippen LogP contribution < -0.4 is 10.2 Å². The fourth-order valence-corrected chi connectivity index (χ4v) is 2.86. The van der Waals surface area contributed by atoms with Gasteiger partial charge in [0.25, 0.3) is 0 Å². The molecule has 1 aromatic carbocycles. The highest BCUT2D eigenvalue weighted by Gasteiger charge is 2.32. The average Bonchev–Trinajstić information content (AvgIpc) is 3.15. The lowest BCUT2D eigenvalue weighted by molar-refractivity contribution is 0.501. The van der Waals surface area contributed by atoms with Crippen molar-refractivity contribution < 1.29 is 4.42 Å². The van der Waals surface area contributed by atoms with Crippen LogP contribution in [0, 0.1) is 0 Å². The van der Waals surface area contributed by atoms with Gasteiger partial charge in [0.1, 0.15) is 5.76 Å². The molecule has 1 heterocycles. The van der Waals surface area contributed by atoms with E-state index in [4.69, 9.17) is 16.0 Å². The zero-order valence-corrected chi connectivity index (χ0v) is 12.4. The first-order valence-electron chi connectivity index (χ1n) is 7.00. The molecule has 3 nitrogen and oxygen atoms in total. The third-order valence-corrected chi connectivity index (χ3v) is 3.92. The number of furan rings is 1. The molecule has 0 atom stereocenters. The molecule has 4 heteroatoms. The first kappa shape index (κ1) is 13.5. The molecule has 20 heavy (non-hydrogen) atoms. The second kappa shape index (κ2) is 5.90. The SMILES string of the molecule is CNCc1cccc(Cl)c1N(Cc1ccco1)C1CC1. The number of hydrogen-bond donors (Lipinski definition) is 1. The topological polar surface area (TPSA) is 28.4 Å². The van der Waals surface area contributed by atoms with E-state index in [-0.39, 0.29) is 0 Å². The van der Waals surface area contributed by atoms with Crippen LogP contribution in [0.3, 0.4) is 0 Å². The smallest absolute Gasteiger partial charge is 0.123 e. The predicted molar refractivity (Wildman–Crippen MR) is 82.1 cm³/mol. The van der Waals surface area contributed by atoms with Gasteiger partial charge in [-0.1, -0.05) is 23.7 Å². The molecule has 1 aromatic heterocycles. The molecule has 106 valence electrons. The van der Waals surface area contributed by atoms with Crippen molar-refractivity contribution in [2.75, 3.05) is 11.9 Å². The van der Waals surface area contributed by atoms with Gasteiger partial charge in [0, 0.05) is 12.6 Å². The zero-order valence-electron chi connectivity index (χ0n) is 11.6. The Morgan fingerprint density at radius 1 is 1.30 bits per heavy atom. The number of benzene rings is 1. The molecule has 0 amide bonds. The van der Waals surface area contributed by atoms with Crippen LogP contribution in [0.4, 0.5) is 5.69 Å². The van der Waals surface area contributed by atoms with Gasteiger partial charge in [-0.05, 0) is 43.7 Å². The van der Waals surface area contributed by atoms with Crippen LogP contribution in [-0.2, 0) is 13.1 Å². The van der Waals surface area contributed by atoms with E-state index < -0.39 is 0 Å². The molecule has 1 fully saturated rings. The largest absolute Gasteiger partial charge is 0.467 e. The van der Waals surface area contributed by atoms with Crippen LogP contribution in [0.25, 0.3) is 0 Å². The maximum atomic E-state index is 6.47. The predicted octanol–water partition coefficient (Wildman–Crippen LogP) is 3.82. The molecule has 1 aliphatic carbocycles. The third-order valence-electron chi connectivity index (χ3n) is 3.62. The second-order valence-electron chi connectivity index (χ2n) is 5.22. The minimum Gasteiger partial charge on any atom is -0.467 e. The fraction of sp³-hybridized carbons (Fsp3) is 0.375. The number of hydrogen-bond acceptors (Lipinski definition) is 3. The molecular formula is C16H19ClN2O. The highest BCUT2D eigenvalue weighted by Crippen LogP contribution is 2.39. The third kappa shape index (κ3) is 2.84. The van der Waals surface area contributed by atoms with Crippen molar-refractivity contribution in [1.82, 2.24) is 5.32 Å². The van der Waals surface area contributed by atoms with Crippen molar-refractivity contribution in [3.05, 3.63) is 52.9 Å². The van der Waals surface area contributed by atoms with Gasteiger partial charge in [-0.25, -0.2) is 0 Å². The van der Waals surface area contributed by atoms with Gasteiger partial charge in [0.2, 0.25) is 0 Å². The van der Waals surface area contributed by atoms with Crippen molar-refractivity contribution >= 4 is 17.3 Å². The molecule has 0 aliphatic heterocycles. The molecule has 0 bridgehead atoms. The monoisotopic (exact) mass is 290 g/mol.